The lowest BCUT2D eigenvalue weighted by Crippen LogP contribution is -2.23. The zero-order valence-corrected chi connectivity index (χ0v) is 10.6. The Kier molecular flexibility index (Phi) is 3.73. The van der Waals surface area contributed by atoms with Gasteiger partial charge >= 0.3 is 5.51 Å². The minimum absolute atomic E-state index is 0.0370. The Morgan fingerprint density at radius 2 is 1.84 bits per heavy atom. The first kappa shape index (κ1) is 14.1. The van der Waals surface area contributed by atoms with E-state index in [-0.39, 0.29) is 6.10 Å². The molecule has 0 amide bonds. The summed E-state index contributed by atoms with van der Waals surface area (Å²) in [6.07, 6.45) is 0.771. The molecule has 1 aromatic rings. The molecule has 0 radical (unpaired) electrons. The second kappa shape index (κ2) is 5.01. The molecule has 1 fully saturated rings. The standard InChI is InChI=1S/C11H12F3NO3S/c12-11(13,14)19(16,17)10-3-1-8(2-4-10)18-9-5-6-15-7-9/h1-4,9,15H,5-7H2. The summed E-state index contributed by atoms with van der Waals surface area (Å²) in [5.41, 5.74) is -5.29. The molecule has 2 rings (SSSR count). The Morgan fingerprint density at radius 3 is 2.32 bits per heavy atom. The Morgan fingerprint density at radius 1 is 1.21 bits per heavy atom. The van der Waals surface area contributed by atoms with Crippen molar-refractivity contribution in [1.82, 2.24) is 5.32 Å². The van der Waals surface area contributed by atoms with E-state index in [4.69, 9.17) is 4.74 Å². The molecule has 0 aromatic heterocycles. The van der Waals surface area contributed by atoms with Crippen LogP contribution < -0.4 is 10.1 Å². The van der Waals surface area contributed by atoms with Gasteiger partial charge in [-0.1, -0.05) is 0 Å². The van der Waals surface area contributed by atoms with E-state index in [0.717, 1.165) is 25.1 Å². The van der Waals surface area contributed by atoms with Gasteiger partial charge in [0.25, 0.3) is 9.84 Å². The van der Waals surface area contributed by atoms with Crippen LogP contribution in [0.15, 0.2) is 29.2 Å². The van der Waals surface area contributed by atoms with Gasteiger partial charge in [-0.05, 0) is 37.2 Å². The van der Waals surface area contributed by atoms with Crippen molar-refractivity contribution in [3.63, 3.8) is 0 Å². The summed E-state index contributed by atoms with van der Waals surface area (Å²) >= 11 is 0. The molecule has 8 heteroatoms. The van der Waals surface area contributed by atoms with Crippen molar-refractivity contribution >= 4 is 9.84 Å². The summed E-state index contributed by atoms with van der Waals surface area (Å²) in [7, 11) is -5.29. The van der Waals surface area contributed by atoms with E-state index in [1.54, 1.807) is 0 Å². The van der Waals surface area contributed by atoms with Crippen molar-refractivity contribution in [3.05, 3.63) is 24.3 Å². The van der Waals surface area contributed by atoms with Crippen LogP contribution in [0, 0.1) is 0 Å². The Labute approximate surface area is 108 Å². The number of nitrogens with one attached hydrogen (secondary N) is 1. The highest BCUT2D eigenvalue weighted by molar-refractivity contribution is 7.92. The molecule has 1 aromatic carbocycles. The lowest BCUT2D eigenvalue weighted by molar-refractivity contribution is -0.0436. The minimum atomic E-state index is -5.29. The van der Waals surface area contributed by atoms with Crippen LogP contribution in [0.4, 0.5) is 13.2 Å². The van der Waals surface area contributed by atoms with Gasteiger partial charge in [-0.15, -0.1) is 0 Å². The molecule has 19 heavy (non-hydrogen) atoms. The molecule has 1 unspecified atom stereocenters. The van der Waals surface area contributed by atoms with Gasteiger partial charge in [0.15, 0.2) is 0 Å². The zero-order valence-electron chi connectivity index (χ0n) is 9.77. The third-order valence-corrected chi connectivity index (χ3v) is 4.26. The molecule has 4 nitrogen and oxygen atoms in total. The van der Waals surface area contributed by atoms with Gasteiger partial charge in [0, 0.05) is 6.54 Å². The highest BCUT2D eigenvalue weighted by atomic mass is 32.2. The first-order chi connectivity index (χ1) is 8.80. The molecular formula is C11H12F3NO3S. The number of sulfone groups is 1. The third-order valence-electron chi connectivity index (χ3n) is 2.76. The Bertz CT molecular complexity index is 533. The van der Waals surface area contributed by atoms with Crippen molar-refractivity contribution < 1.29 is 26.3 Å². The van der Waals surface area contributed by atoms with Crippen molar-refractivity contribution in [1.29, 1.82) is 0 Å². The minimum Gasteiger partial charge on any atom is -0.489 e. The predicted octanol–water partition coefficient (Wildman–Crippen LogP) is 1.72. The molecule has 1 N–H and O–H groups in total. The molecular weight excluding hydrogens is 283 g/mol. The monoisotopic (exact) mass is 295 g/mol. The fraction of sp³-hybridized carbons (Fsp3) is 0.455. The predicted molar refractivity (Wildman–Crippen MR) is 61.6 cm³/mol. The number of rotatable bonds is 3. The van der Waals surface area contributed by atoms with Crippen molar-refractivity contribution in [3.8, 4) is 5.75 Å². The van der Waals surface area contributed by atoms with E-state index in [1.165, 1.54) is 12.1 Å². The highest BCUT2D eigenvalue weighted by Crippen LogP contribution is 2.31. The van der Waals surface area contributed by atoms with Crippen LogP contribution in [0.2, 0.25) is 0 Å². The molecule has 1 aliphatic heterocycles. The summed E-state index contributed by atoms with van der Waals surface area (Å²) < 4.78 is 64.7. The number of hydrogen-bond donors (Lipinski definition) is 1. The van der Waals surface area contributed by atoms with Crippen LogP contribution in [0.1, 0.15) is 6.42 Å². The van der Waals surface area contributed by atoms with E-state index < -0.39 is 20.2 Å². The molecule has 1 aliphatic rings. The summed E-state index contributed by atoms with van der Waals surface area (Å²) in [6, 6.07) is 4.27. The maximum Gasteiger partial charge on any atom is 0.501 e. The summed E-state index contributed by atoms with van der Waals surface area (Å²) in [4.78, 5) is -0.781. The normalized spacial score (nSPS) is 20.5. The van der Waals surface area contributed by atoms with Crippen LogP contribution in [0.25, 0.3) is 0 Å². The van der Waals surface area contributed by atoms with Crippen LogP contribution in [-0.4, -0.2) is 33.1 Å². The number of benzene rings is 1. The maximum absolute atomic E-state index is 12.3. The Balaban J connectivity index is 2.14. The molecule has 1 atom stereocenters. The van der Waals surface area contributed by atoms with Crippen molar-refractivity contribution in [2.24, 2.45) is 0 Å². The fourth-order valence-corrected chi connectivity index (χ4v) is 2.51. The fourth-order valence-electron chi connectivity index (χ4n) is 1.75. The first-order valence-electron chi connectivity index (χ1n) is 5.59. The van der Waals surface area contributed by atoms with Crippen molar-refractivity contribution in [2.45, 2.75) is 22.9 Å². The number of halogens is 3. The summed E-state index contributed by atoms with van der Waals surface area (Å²) in [5, 5.41) is 3.08. The molecule has 0 aliphatic carbocycles. The number of alkyl halides is 3. The average Bonchev–Trinajstić information content (AvgIpc) is 2.81. The van der Waals surface area contributed by atoms with Gasteiger partial charge < -0.3 is 10.1 Å². The van der Waals surface area contributed by atoms with Gasteiger partial charge in [0.1, 0.15) is 11.9 Å². The average molecular weight is 295 g/mol. The SMILES string of the molecule is O=S(=O)(c1ccc(OC2CCNC2)cc1)C(F)(F)F. The van der Waals surface area contributed by atoms with Crippen LogP contribution in [-0.2, 0) is 9.84 Å². The summed E-state index contributed by atoms with van der Waals surface area (Å²) in [6.45, 7) is 1.49. The molecule has 1 saturated heterocycles. The second-order valence-electron chi connectivity index (χ2n) is 4.15. The topological polar surface area (TPSA) is 55.4 Å². The van der Waals surface area contributed by atoms with Gasteiger partial charge in [0.2, 0.25) is 0 Å². The van der Waals surface area contributed by atoms with Crippen LogP contribution in [0.5, 0.6) is 5.75 Å². The molecule has 0 bridgehead atoms. The largest absolute Gasteiger partial charge is 0.501 e. The lowest BCUT2D eigenvalue weighted by Gasteiger charge is -2.13. The summed E-state index contributed by atoms with van der Waals surface area (Å²) in [5.74, 6) is 0.356. The smallest absolute Gasteiger partial charge is 0.489 e. The quantitative estimate of drug-likeness (QED) is 0.922. The third kappa shape index (κ3) is 3.01. The van der Waals surface area contributed by atoms with Gasteiger partial charge in [-0.2, -0.15) is 13.2 Å². The second-order valence-corrected chi connectivity index (χ2v) is 6.09. The van der Waals surface area contributed by atoms with Gasteiger partial charge in [-0.3, -0.25) is 0 Å². The van der Waals surface area contributed by atoms with Crippen molar-refractivity contribution in [2.75, 3.05) is 13.1 Å². The maximum atomic E-state index is 12.3. The number of ether oxygens (including phenoxy) is 1. The zero-order chi connectivity index (χ0) is 14.1. The first-order valence-corrected chi connectivity index (χ1v) is 7.08. The van der Waals surface area contributed by atoms with Gasteiger partial charge in [-0.25, -0.2) is 8.42 Å². The molecule has 0 saturated carbocycles. The van der Waals surface area contributed by atoms with E-state index in [2.05, 4.69) is 5.32 Å². The molecule has 106 valence electrons. The highest BCUT2D eigenvalue weighted by Gasteiger charge is 2.46. The van der Waals surface area contributed by atoms with Gasteiger partial charge in [0.05, 0.1) is 4.90 Å². The van der Waals surface area contributed by atoms with E-state index in [9.17, 15) is 21.6 Å². The van der Waals surface area contributed by atoms with E-state index in [1.807, 2.05) is 0 Å². The van der Waals surface area contributed by atoms with E-state index in [0.29, 0.717) is 12.3 Å². The van der Waals surface area contributed by atoms with E-state index >= 15 is 0 Å². The number of hydrogen-bond acceptors (Lipinski definition) is 4. The Hall–Kier alpha value is -1.28. The van der Waals surface area contributed by atoms with Crippen LogP contribution >= 0.6 is 0 Å². The molecule has 1 heterocycles. The lowest BCUT2D eigenvalue weighted by atomic mass is 10.3. The van der Waals surface area contributed by atoms with Crippen LogP contribution in [0.3, 0.4) is 0 Å². The molecule has 0 spiro atoms.